The summed E-state index contributed by atoms with van der Waals surface area (Å²) in [5.41, 5.74) is 9.80. The number of nitrogens with two attached hydrogens (primary N) is 1. The SMILES string of the molecule is CCc1ccc(NCc2ccc(C(N)=NO)cc2)cc1. The molecule has 0 aliphatic heterocycles. The molecule has 0 unspecified atom stereocenters. The number of amidine groups is 1. The Morgan fingerprint density at radius 3 is 2.20 bits per heavy atom. The van der Waals surface area contributed by atoms with Crippen LogP contribution in [0.25, 0.3) is 0 Å². The molecule has 0 atom stereocenters. The maximum Gasteiger partial charge on any atom is 0.170 e. The lowest BCUT2D eigenvalue weighted by atomic mass is 10.1. The number of benzene rings is 2. The van der Waals surface area contributed by atoms with E-state index in [0.29, 0.717) is 5.56 Å². The minimum Gasteiger partial charge on any atom is -0.409 e. The highest BCUT2D eigenvalue weighted by molar-refractivity contribution is 5.96. The summed E-state index contributed by atoms with van der Waals surface area (Å²) < 4.78 is 0. The van der Waals surface area contributed by atoms with Gasteiger partial charge in [-0.1, -0.05) is 48.5 Å². The fourth-order valence-electron chi connectivity index (χ4n) is 1.91. The van der Waals surface area contributed by atoms with Gasteiger partial charge in [0.1, 0.15) is 0 Å². The van der Waals surface area contributed by atoms with E-state index >= 15 is 0 Å². The van der Waals surface area contributed by atoms with Gasteiger partial charge in [0.05, 0.1) is 0 Å². The van der Waals surface area contributed by atoms with Gasteiger partial charge in [0.25, 0.3) is 0 Å². The van der Waals surface area contributed by atoms with Crippen molar-refractivity contribution < 1.29 is 5.21 Å². The molecule has 0 bridgehead atoms. The van der Waals surface area contributed by atoms with Crippen molar-refractivity contribution in [2.45, 2.75) is 19.9 Å². The largest absolute Gasteiger partial charge is 0.409 e. The van der Waals surface area contributed by atoms with Gasteiger partial charge < -0.3 is 16.3 Å². The van der Waals surface area contributed by atoms with E-state index in [2.05, 4.69) is 41.7 Å². The highest BCUT2D eigenvalue weighted by atomic mass is 16.4. The van der Waals surface area contributed by atoms with Crippen molar-refractivity contribution in [2.24, 2.45) is 10.9 Å². The summed E-state index contributed by atoms with van der Waals surface area (Å²) in [6.45, 7) is 2.88. The van der Waals surface area contributed by atoms with Crippen LogP contribution in [0.4, 0.5) is 5.69 Å². The van der Waals surface area contributed by atoms with Crippen LogP contribution in [0.1, 0.15) is 23.6 Å². The normalized spacial score (nSPS) is 11.3. The topological polar surface area (TPSA) is 70.6 Å². The Labute approximate surface area is 118 Å². The molecule has 0 spiro atoms. The third kappa shape index (κ3) is 3.51. The van der Waals surface area contributed by atoms with Crippen molar-refractivity contribution in [3.05, 3.63) is 65.2 Å². The molecule has 2 aromatic rings. The van der Waals surface area contributed by atoms with E-state index in [9.17, 15) is 0 Å². The van der Waals surface area contributed by atoms with Crippen LogP contribution in [0.3, 0.4) is 0 Å². The van der Waals surface area contributed by atoms with E-state index in [0.717, 1.165) is 24.2 Å². The van der Waals surface area contributed by atoms with Gasteiger partial charge in [0.2, 0.25) is 0 Å². The Kier molecular flexibility index (Phi) is 4.60. The molecule has 0 saturated heterocycles. The summed E-state index contributed by atoms with van der Waals surface area (Å²) in [7, 11) is 0. The fraction of sp³-hybridized carbons (Fsp3) is 0.188. The van der Waals surface area contributed by atoms with Crippen LogP contribution in [-0.2, 0) is 13.0 Å². The van der Waals surface area contributed by atoms with Crippen molar-refractivity contribution in [3.8, 4) is 0 Å². The standard InChI is InChI=1S/C16H19N3O/c1-2-12-5-9-15(10-6-12)18-11-13-3-7-14(8-4-13)16(17)19-20/h3-10,18,20H,2,11H2,1H3,(H2,17,19). The average Bonchev–Trinajstić information content (AvgIpc) is 2.53. The third-order valence-corrected chi connectivity index (χ3v) is 3.22. The molecule has 0 aliphatic rings. The molecule has 20 heavy (non-hydrogen) atoms. The molecule has 4 nitrogen and oxygen atoms in total. The molecule has 4 heteroatoms. The van der Waals surface area contributed by atoms with Crippen LogP contribution in [-0.4, -0.2) is 11.0 Å². The Hall–Kier alpha value is -2.49. The van der Waals surface area contributed by atoms with Crippen molar-refractivity contribution in [1.29, 1.82) is 0 Å². The van der Waals surface area contributed by atoms with Gasteiger partial charge >= 0.3 is 0 Å². The van der Waals surface area contributed by atoms with Gasteiger partial charge in [-0.3, -0.25) is 0 Å². The van der Waals surface area contributed by atoms with Crippen LogP contribution in [0, 0.1) is 0 Å². The predicted octanol–water partition coefficient (Wildman–Crippen LogP) is 2.96. The fourth-order valence-corrected chi connectivity index (χ4v) is 1.91. The number of aryl methyl sites for hydroxylation is 1. The minimum absolute atomic E-state index is 0.125. The molecule has 0 aliphatic carbocycles. The van der Waals surface area contributed by atoms with E-state index in [1.54, 1.807) is 0 Å². The van der Waals surface area contributed by atoms with Crippen LogP contribution in [0.15, 0.2) is 53.7 Å². The van der Waals surface area contributed by atoms with Crippen LogP contribution >= 0.6 is 0 Å². The summed E-state index contributed by atoms with van der Waals surface area (Å²) in [6.07, 6.45) is 1.05. The predicted molar refractivity (Wildman–Crippen MR) is 82.1 cm³/mol. The number of anilines is 1. The zero-order chi connectivity index (χ0) is 14.4. The van der Waals surface area contributed by atoms with E-state index in [1.165, 1.54) is 5.56 Å². The first-order chi connectivity index (χ1) is 9.72. The van der Waals surface area contributed by atoms with Crippen LogP contribution in [0.5, 0.6) is 0 Å². The molecule has 0 amide bonds. The van der Waals surface area contributed by atoms with Crippen molar-refractivity contribution >= 4 is 11.5 Å². The van der Waals surface area contributed by atoms with Gasteiger partial charge in [-0.2, -0.15) is 0 Å². The minimum atomic E-state index is 0.125. The zero-order valence-electron chi connectivity index (χ0n) is 11.5. The van der Waals surface area contributed by atoms with Crippen LogP contribution in [0.2, 0.25) is 0 Å². The maximum atomic E-state index is 8.60. The smallest absolute Gasteiger partial charge is 0.170 e. The van der Waals surface area contributed by atoms with Gasteiger partial charge in [-0.15, -0.1) is 0 Å². The molecule has 0 radical (unpaired) electrons. The van der Waals surface area contributed by atoms with E-state index in [4.69, 9.17) is 10.9 Å². The van der Waals surface area contributed by atoms with Gasteiger partial charge in [0, 0.05) is 17.8 Å². The highest BCUT2D eigenvalue weighted by Gasteiger charge is 1.99. The summed E-state index contributed by atoms with van der Waals surface area (Å²) >= 11 is 0. The molecule has 0 aromatic heterocycles. The monoisotopic (exact) mass is 269 g/mol. The Morgan fingerprint density at radius 1 is 1.05 bits per heavy atom. The Bertz CT molecular complexity index is 574. The summed E-state index contributed by atoms with van der Waals surface area (Å²) in [4.78, 5) is 0. The van der Waals surface area contributed by atoms with Crippen molar-refractivity contribution in [2.75, 3.05) is 5.32 Å². The first-order valence-corrected chi connectivity index (χ1v) is 6.62. The van der Waals surface area contributed by atoms with Gasteiger partial charge in [-0.05, 0) is 29.7 Å². The number of rotatable bonds is 5. The van der Waals surface area contributed by atoms with E-state index < -0.39 is 0 Å². The molecule has 104 valence electrons. The highest BCUT2D eigenvalue weighted by Crippen LogP contribution is 2.12. The number of nitrogens with zero attached hydrogens (tertiary/aromatic N) is 1. The number of nitrogens with one attached hydrogen (secondary N) is 1. The van der Waals surface area contributed by atoms with Crippen LogP contribution < -0.4 is 11.1 Å². The second-order valence-electron chi connectivity index (χ2n) is 4.59. The van der Waals surface area contributed by atoms with Crippen molar-refractivity contribution in [3.63, 3.8) is 0 Å². The zero-order valence-corrected chi connectivity index (χ0v) is 11.5. The first kappa shape index (κ1) is 13.9. The molecule has 0 fully saturated rings. The Balaban J connectivity index is 1.96. The first-order valence-electron chi connectivity index (χ1n) is 6.62. The summed E-state index contributed by atoms with van der Waals surface area (Å²) in [5.74, 6) is 0.125. The maximum absolute atomic E-state index is 8.60. The molecular weight excluding hydrogens is 250 g/mol. The van der Waals surface area contributed by atoms with Gasteiger partial charge in [0.15, 0.2) is 5.84 Å². The van der Waals surface area contributed by atoms with E-state index in [1.807, 2.05) is 24.3 Å². The summed E-state index contributed by atoms with van der Waals surface area (Å²) in [5, 5.41) is 14.9. The van der Waals surface area contributed by atoms with Gasteiger partial charge in [-0.25, -0.2) is 0 Å². The third-order valence-electron chi connectivity index (χ3n) is 3.22. The molecule has 0 heterocycles. The molecule has 2 aromatic carbocycles. The quantitative estimate of drug-likeness (QED) is 0.338. The lowest BCUT2D eigenvalue weighted by molar-refractivity contribution is 0.318. The number of hydrogen-bond acceptors (Lipinski definition) is 3. The van der Waals surface area contributed by atoms with Crippen molar-refractivity contribution in [1.82, 2.24) is 0 Å². The molecule has 0 saturated carbocycles. The summed E-state index contributed by atoms with van der Waals surface area (Å²) in [6, 6.07) is 16.0. The lowest BCUT2D eigenvalue weighted by Crippen LogP contribution is -2.13. The lowest BCUT2D eigenvalue weighted by Gasteiger charge is -2.08. The molecule has 2 rings (SSSR count). The Morgan fingerprint density at radius 2 is 1.65 bits per heavy atom. The number of hydrogen-bond donors (Lipinski definition) is 3. The molecule has 4 N–H and O–H groups in total. The van der Waals surface area contributed by atoms with E-state index in [-0.39, 0.29) is 5.84 Å². The number of oxime groups is 1. The molecular formula is C16H19N3O. The average molecular weight is 269 g/mol. The second kappa shape index (κ2) is 6.61. The second-order valence-corrected chi connectivity index (χ2v) is 4.59.